The minimum atomic E-state index is -0.646. The van der Waals surface area contributed by atoms with E-state index in [0.29, 0.717) is 11.7 Å². The van der Waals surface area contributed by atoms with E-state index in [1.807, 2.05) is 6.92 Å². The van der Waals surface area contributed by atoms with Gasteiger partial charge in [-0.25, -0.2) is 4.39 Å². The fourth-order valence-corrected chi connectivity index (χ4v) is 3.49. The molecule has 1 fully saturated rings. The summed E-state index contributed by atoms with van der Waals surface area (Å²) in [7, 11) is 2.15. The fourth-order valence-electron chi connectivity index (χ4n) is 3.49. The topological polar surface area (TPSA) is 36.4 Å². The van der Waals surface area contributed by atoms with E-state index < -0.39 is 6.10 Å². The molecule has 3 nitrogen and oxygen atoms in total. The lowest BCUT2D eigenvalue weighted by molar-refractivity contribution is 0.0608. The number of aliphatic hydroxyl groups is 1. The van der Waals surface area contributed by atoms with Crippen molar-refractivity contribution in [2.24, 2.45) is 11.8 Å². The predicted molar refractivity (Wildman–Crippen MR) is 82.4 cm³/mol. The van der Waals surface area contributed by atoms with Crippen LogP contribution in [-0.2, 0) is 0 Å². The first-order valence-electron chi connectivity index (χ1n) is 7.98. The zero-order chi connectivity index (χ0) is 15.4. The van der Waals surface area contributed by atoms with Crippen LogP contribution < -0.4 is 0 Å². The number of pyridine rings is 1. The van der Waals surface area contributed by atoms with E-state index in [2.05, 4.69) is 23.9 Å². The van der Waals surface area contributed by atoms with Crippen LogP contribution >= 0.6 is 0 Å². The highest BCUT2D eigenvalue weighted by molar-refractivity contribution is 5.09. The predicted octanol–water partition coefficient (Wildman–Crippen LogP) is 3.40. The van der Waals surface area contributed by atoms with Crippen molar-refractivity contribution in [1.82, 2.24) is 9.88 Å². The summed E-state index contributed by atoms with van der Waals surface area (Å²) in [6, 6.07) is 3.53. The summed E-state index contributed by atoms with van der Waals surface area (Å²) in [6.45, 7) is 5.18. The molecule has 21 heavy (non-hydrogen) atoms. The minimum Gasteiger partial charge on any atom is -0.386 e. The average molecular weight is 294 g/mol. The molecule has 4 atom stereocenters. The Hall–Kier alpha value is -1.00. The van der Waals surface area contributed by atoms with Gasteiger partial charge in [-0.2, -0.15) is 0 Å². The number of hydrogen-bond acceptors (Lipinski definition) is 3. The Kier molecular flexibility index (Phi) is 5.71. The van der Waals surface area contributed by atoms with Crippen LogP contribution in [0.3, 0.4) is 0 Å². The molecule has 1 aromatic heterocycles. The van der Waals surface area contributed by atoms with Crippen molar-refractivity contribution in [2.75, 3.05) is 13.6 Å². The largest absolute Gasteiger partial charge is 0.386 e. The standard InChI is InChI=1S/C17H27FN2O/c1-12-6-4-5-7-16(12)20(3)11-13(2)17(21)15-9-8-14(18)10-19-15/h8-10,12-13,16-17,21H,4-7,11H2,1-3H3. The maximum atomic E-state index is 12.9. The van der Waals surface area contributed by atoms with Gasteiger partial charge in [0.15, 0.2) is 0 Å². The monoisotopic (exact) mass is 294 g/mol. The molecule has 1 heterocycles. The summed E-state index contributed by atoms with van der Waals surface area (Å²) in [5.41, 5.74) is 0.550. The molecule has 0 bridgehead atoms. The fraction of sp³-hybridized carbons (Fsp3) is 0.706. The van der Waals surface area contributed by atoms with Crippen LogP contribution in [-0.4, -0.2) is 34.6 Å². The summed E-state index contributed by atoms with van der Waals surface area (Å²) in [5, 5.41) is 10.4. The highest BCUT2D eigenvalue weighted by atomic mass is 19.1. The van der Waals surface area contributed by atoms with E-state index in [0.717, 1.165) is 18.7 Å². The van der Waals surface area contributed by atoms with Crippen molar-refractivity contribution in [3.63, 3.8) is 0 Å². The van der Waals surface area contributed by atoms with Crippen molar-refractivity contribution in [3.8, 4) is 0 Å². The van der Waals surface area contributed by atoms with Gasteiger partial charge in [0.1, 0.15) is 5.82 Å². The molecule has 0 amide bonds. The summed E-state index contributed by atoms with van der Waals surface area (Å²) in [6.07, 6.45) is 5.70. The molecule has 2 rings (SSSR count). The van der Waals surface area contributed by atoms with E-state index in [1.165, 1.54) is 31.7 Å². The highest BCUT2D eigenvalue weighted by Crippen LogP contribution is 2.29. The molecular weight excluding hydrogens is 267 g/mol. The van der Waals surface area contributed by atoms with Crippen molar-refractivity contribution in [1.29, 1.82) is 0 Å². The van der Waals surface area contributed by atoms with Crippen LogP contribution in [0.2, 0.25) is 0 Å². The average Bonchev–Trinajstić information content (AvgIpc) is 2.47. The Morgan fingerprint density at radius 1 is 1.38 bits per heavy atom. The summed E-state index contributed by atoms with van der Waals surface area (Å²) in [4.78, 5) is 6.37. The Bertz CT molecular complexity index is 437. The Balaban J connectivity index is 1.93. The molecule has 0 spiro atoms. The van der Waals surface area contributed by atoms with Gasteiger partial charge < -0.3 is 10.0 Å². The molecular formula is C17H27FN2O. The van der Waals surface area contributed by atoms with Crippen LogP contribution in [0.25, 0.3) is 0 Å². The number of aliphatic hydroxyl groups excluding tert-OH is 1. The van der Waals surface area contributed by atoms with E-state index in [4.69, 9.17) is 0 Å². The Morgan fingerprint density at radius 3 is 2.71 bits per heavy atom. The van der Waals surface area contributed by atoms with E-state index in [9.17, 15) is 9.50 Å². The first-order valence-corrected chi connectivity index (χ1v) is 7.98. The Labute approximate surface area is 127 Å². The van der Waals surface area contributed by atoms with Gasteiger partial charge in [0.05, 0.1) is 18.0 Å². The highest BCUT2D eigenvalue weighted by Gasteiger charge is 2.27. The molecule has 1 aromatic rings. The second kappa shape index (κ2) is 7.32. The summed E-state index contributed by atoms with van der Waals surface area (Å²) in [5.74, 6) is 0.422. The zero-order valence-electron chi connectivity index (χ0n) is 13.3. The van der Waals surface area contributed by atoms with Gasteiger partial charge in [-0.05, 0) is 37.9 Å². The van der Waals surface area contributed by atoms with Crippen LogP contribution in [0.1, 0.15) is 51.3 Å². The van der Waals surface area contributed by atoms with Crippen LogP contribution in [0.5, 0.6) is 0 Å². The molecule has 0 aromatic carbocycles. The number of rotatable bonds is 5. The van der Waals surface area contributed by atoms with E-state index >= 15 is 0 Å². The van der Waals surface area contributed by atoms with Crippen molar-refractivity contribution >= 4 is 0 Å². The molecule has 1 aliphatic rings. The zero-order valence-corrected chi connectivity index (χ0v) is 13.3. The third kappa shape index (κ3) is 4.24. The number of hydrogen-bond donors (Lipinski definition) is 1. The van der Waals surface area contributed by atoms with Crippen molar-refractivity contribution in [2.45, 2.75) is 51.7 Å². The maximum Gasteiger partial charge on any atom is 0.141 e. The van der Waals surface area contributed by atoms with Crippen molar-refractivity contribution in [3.05, 3.63) is 29.8 Å². The minimum absolute atomic E-state index is 0.0714. The van der Waals surface area contributed by atoms with Gasteiger partial charge in [0, 0.05) is 18.5 Å². The lowest BCUT2D eigenvalue weighted by atomic mass is 9.84. The molecule has 1 N–H and O–H groups in total. The van der Waals surface area contributed by atoms with Gasteiger partial charge in [-0.1, -0.05) is 26.7 Å². The molecule has 0 saturated heterocycles. The number of halogens is 1. The van der Waals surface area contributed by atoms with Gasteiger partial charge in [-0.3, -0.25) is 4.98 Å². The maximum absolute atomic E-state index is 12.9. The number of aromatic nitrogens is 1. The molecule has 0 radical (unpaired) electrons. The van der Waals surface area contributed by atoms with Crippen LogP contribution in [0.4, 0.5) is 4.39 Å². The molecule has 0 aliphatic heterocycles. The Morgan fingerprint density at radius 2 is 2.10 bits per heavy atom. The summed E-state index contributed by atoms with van der Waals surface area (Å²) < 4.78 is 12.9. The van der Waals surface area contributed by atoms with Gasteiger partial charge in [-0.15, -0.1) is 0 Å². The second-order valence-corrected chi connectivity index (χ2v) is 6.59. The molecule has 118 valence electrons. The summed E-state index contributed by atoms with van der Waals surface area (Å²) >= 11 is 0. The molecule has 4 unspecified atom stereocenters. The quantitative estimate of drug-likeness (QED) is 0.904. The van der Waals surface area contributed by atoms with Gasteiger partial charge in [0.25, 0.3) is 0 Å². The molecule has 4 heteroatoms. The van der Waals surface area contributed by atoms with Crippen molar-refractivity contribution < 1.29 is 9.50 Å². The first-order chi connectivity index (χ1) is 9.99. The third-order valence-corrected chi connectivity index (χ3v) is 4.80. The molecule has 1 aliphatic carbocycles. The van der Waals surface area contributed by atoms with E-state index in [-0.39, 0.29) is 11.7 Å². The smallest absolute Gasteiger partial charge is 0.141 e. The SMILES string of the molecule is CC(CN(C)C1CCCCC1C)C(O)c1ccc(F)cn1. The van der Waals surface area contributed by atoms with Gasteiger partial charge in [0.2, 0.25) is 0 Å². The number of nitrogens with zero attached hydrogens (tertiary/aromatic N) is 2. The third-order valence-electron chi connectivity index (χ3n) is 4.80. The van der Waals surface area contributed by atoms with Gasteiger partial charge >= 0.3 is 0 Å². The van der Waals surface area contributed by atoms with Crippen LogP contribution in [0, 0.1) is 17.7 Å². The molecule has 1 saturated carbocycles. The lowest BCUT2D eigenvalue weighted by Gasteiger charge is -2.38. The first kappa shape index (κ1) is 16.4. The normalized spacial score (nSPS) is 25.8. The second-order valence-electron chi connectivity index (χ2n) is 6.59. The van der Waals surface area contributed by atoms with E-state index in [1.54, 1.807) is 6.07 Å². The lowest BCUT2D eigenvalue weighted by Crippen LogP contribution is -2.41. The van der Waals surface area contributed by atoms with Crippen LogP contribution in [0.15, 0.2) is 18.3 Å².